The van der Waals surface area contributed by atoms with Gasteiger partial charge in [0.2, 0.25) is 5.91 Å². The van der Waals surface area contributed by atoms with Gasteiger partial charge in [0.25, 0.3) is 0 Å². The van der Waals surface area contributed by atoms with E-state index in [-0.39, 0.29) is 0 Å². The van der Waals surface area contributed by atoms with Crippen LogP contribution in [0.15, 0.2) is 42.5 Å². The maximum absolute atomic E-state index is 11.4. The van der Waals surface area contributed by atoms with E-state index in [0.717, 1.165) is 40.8 Å². The normalized spacial score (nSPS) is 13.8. The molecule has 0 radical (unpaired) electrons. The van der Waals surface area contributed by atoms with Crippen molar-refractivity contribution in [3.63, 3.8) is 0 Å². The van der Waals surface area contributed by atoms with E-state index in [4.69, 9.17) is 15.2 Å². The number of benzene rings is 2. The Hall–Kier alpha value is -3.30. The fourth-order valence-corrected chi connectivity index (χ4v) is 3.84. The molecule has 1 aliphatic rings. The van der Waals surface area contributed by atoms with Crippen molar-refractivity contribution in [3.8, 4) is 23.1 Å². The third kappa shape index (κ3) is 3.45. The van der Waals surface area contributed by atoms with Gasteiger partial charge >= 0.3 is 0 Å². The number of rotatable bonds is 7. The van der Waals surface area contributed by atoms with Gasteiger partial charge in [-0.05, 0) is 49.1 Å². The number of nitrogens with zero attached hydrogens (tertiary/aromatic N) is 2. The minimum Gasteiger partial charge on any atom is -0.491 e. The number of nitriles is 1. The summed E-state index contributed by atoms with van der Waals surface area (Å²) in [7, 11) is 1.64. The summed E-state index contributed by atoms with van der Waals surface area (Å²) in [4.78, 5) is 11.4. The minimum atomic E-state index is -0.463. The molecule has 0 spiro atoms. The number of carbonyl (C=O) groups is 1. The van der Waals surface area contributed by atoms with Crippen molar-refractivity contribution in [2.75, 3.05) is 20.3 Å². The standard InChI is InChI=1S/C23H23N3O3/c1-28-11-12-29-18-9-10-19-20(14-24)22(15-5-7-16(8-6-15)23(25)27)26(21(19)13-18)17-3-2-4-17/h5-10,13,17H,2-4,11-12H2,1H3,(H2,25,27). The van der Waals surface area contributed by atoms with Crippen LogP contribution in [0.25, 0.3) is 22.2 Å². The summed E-state index contributed by atoms with van der Waals surface area (Å²) in [5.41, 5.74) is 9.25. The number of hydrogen-bond donors (Lipinski definition) is 1. The van der Waals surface area contributed by atoms with Crippen LogP contribution in [0.4, 0.5) is 0 Å². The Balaban J connectivity index is 1.87. The zero-order valence-corrected chi connectivity index (χ0v) is 16.4. The third-order valence-corrected chi connectivity index (χ3v) is 5.53. The molecule has 0 bridgehead atoms. The minimum absolute atomic E-state index is 0.347. The maximum Gasteiger partial charge on any atom is 0.248 e. The summed E-state index contributed by atoms with van der Waals surface area (Å²) < 4.78 is 13.1. The molecule has 4 rings (SSSR count). The van der Waals surface area contributed by atoms with Gasteiger partial charge in [-0.2, -0.15) is 5.26 Å². The molecule has 0 aliphatic heterocycles. The van der Waals surface area contributed by atoms with Crippen molar-refractivity contribution in [1.29, 1.82) is 5.26 Å². The molecule has 1 saturated carbocycles. The second-order valence-corrected chi connectivity index (χ2v) is 7.25. The lowest BCUT2D eigenvalue weighted by Gasteiger charge is -2.30. The highest BCUT2D eigenvalue weighted by Gasteiger charge is 2.28. The summed E-state index contributed by atoms with van der Waals surface area (Å²) in [5, 5.41) is 10.9. The van der Waals surface area contributed by atoms with Crippen LogP contribution >= 0.6 is 0 Å². The summed E-state index contributed by atoms with van der Waals surface area (Å²) >= 11 is 0. The monoisotopic (exact) mass is 389 g/mol. The van der Waals surface area contributed by atoms with Crippen LogP contribution in [0, 0.1) is 11.3 Å². The number of nitrogens with two attached hydrogens (primary N) is 1. The summed E-state index contributed by atoms with van der Waals surface area (Å²) in [6.45, 7) is 0.987. The Labute approximate surface area is 169 Å². The van der Waals surface area contributed by atoms with Crippen molar-refractivity contribution >= 4 is 16.8 Å². The first-order chi connectivity index (χ1) is 14.1. The Kier molecular flexibility index (Phi) is 5.24. The van der Waals surface area contributed by atoms with Gasteiger partial charge in [-0.3, -0.25) is 4.79 Å². The van der Waals surface area contributed by atoms with Gasteiger partial charge in [-0.15, -0.1) is 0 Å². The Morgan fingerprint density at radius 2 is 1.97 bits per heavy atom. The SMILES string of the molecule is COCCOc1ccc2c(C#N)c(-c3ccc(C(N)=O)cc3)n(C3CCC3)c2c1. The summed E-state index contributed by atoms with van der Waals surface area (Å²) in [6.07, 6.45) is 3.34. The van der Waals surface area contributed by atoms with Crippen molar-refractivity contribution < 1.29 is 14.3 Å². The molecule has 29 heavy (non-hydrogen) atoms. The highest BCUT2D eigenvalue weighted by Crippen LogP contribution is 2.43. The fourth-order valence-electron chi connectivity index (χ4n) is 3.84. The zero-order chi connectivity index (χ0) is 20.4. The number of ether oxygens (including phenoxy) is 2. The second kappa shape index (κ2) is 7.98. The predicted molar refractivity (Wildman–Crippen MR) is 111 cm³/mol. The van der Waals surface area contributed by atoms with E-state index in [1.54, 1.807) is 19.2 Å². The van der Waals surface area contributed by atoms with Crippen LogP contribution in [0.2, 0.25) is 0 Å². The Morgan fingerprint density at radius 3 is 2.55 bits per heavy atom. The van der Waals surface area contributed by atoms with E-state index in [0.29, 0.717) is 30.4 Å². The molecule has 1 fully saturated rings. The van der Waals surface area contributed by atoms with E-state index in [2.05, 4.69) is 10.6 Å². The average Bonchev–Trinajstić information content (AvgIpc) is 3.00. The molecule has 1 aliphatic carbocycles. The lowest BCUT2D eigenvalue weighted by molar-refractivity contribution is 0.100. The van der Waals surface area contributed by atoms with Gasteiger partial charge in [0.15, 0.2) is 0 Å². The summed E-state index contributed by atoms with van der Waals surface area (Å²) in [6, 6.07) is 15.7. The van der Waals surface area contributed by atoms with Crippen LogP contribution in [0.5, 0.6) is 5.75 Å². The van der Waals surface area contributed by atoms with E-state index in [1.807, 2.05) is 30.3 Å². The van der Waals surface area contributed by atoms with E-state index in [1.165, 1.54) is 6.42 Å². The molecular formula is C23H23N3O3. The van der Waals surface area contributed by atoms with Crippen LogP contribution in [-0.2, 0) is 4.74 Å². The maximum atomic E-state index is 11.4. The van der Waals surface area contributed by atoms with Crippen molar-refractivity contribution in [3.05, 3.63) is 53.6 Å². The van der Waals surface area contributed by atoms with Gasteiger partial charge in [-0.25, -0.2) is 0 Å². The molecule has 148 valence electrons. The molecule has 1 heterocycles. The van der Waals surface area contributed by atoms with Gasteiger partial charge in [-0.1, -0.05) is 12.1 Å². The lowest BCUT2D eigenvalue weighted by Crippen LogP contribution is -2.18. The first-order valence-corrected chi connectivity index (χ1v) is 9.74. The van der Waals surface area contributed by atoms with Gasteiger partial charge in [0.05, 0.1) is 23.4 Å². The lowest BCUT2D eigenvalue weighted by atomic mass is 9.92. The number of methoxy groups -OCH3 is 1. The molecule has 2 N–H and O–H groups in total. The van der Waals surface area contributed by atoms with Crippen molar-refractivity contribution in [2.45, 2.75) is 25.3 Å². The van der Waals surface area contributed by atoms with Crippen LogP contribution in [0.1, 0.15) is 41.2 Å². The van der Waals surface area contributed by atoms with Gasteiger partial charge in [0.1, 0.15) is 18.4 Å². The molecule has 3 aromatic rings. The van der Waals surface area contributed by atoms with Crippen molar-refractivity contribution in [1.82, 2.24) is 4.57 Å². The molecule has 0 atom stereocenters. The van der Waals surface area contributed by atoms with Gasteiger partial charge in [0, 0.05) is 30.2 Å². The fraction of sp³-hybridized carbons (Fsp3) is 0.304. The largest absolute Gasteiger partial charge is 0.491 e. The number of aromatic nitrogens is 1. The molecule has 0 unspecified atom stereocenters. The smallest absolute Gasteiger partial charge is 0.248 e. The van der Waals surface area contributed by atoms with E-state index in [9.17, 15) is 10.1 Å². The van der Waals surface area contributed by atoms with Crippen LogP contribution in [-0.4, -0.2) is 30.8 Å². The quantitative estimate of drug-likeness (QED) is 0.618. The highest BCUT2D eigenvalue weighted by atomic mass is 16.5. The van der Waals surface area contributed by atoms with Crippen LogP contribution < -0.4 is 10.5 Å². The molecule has 1 amide bonds. The van der Waals surface area contributed by atoms with Crippen LogP contribution in [0.3, 0.4) is 0 Å². The molecule has 2 aromatic carbocycles. The topological polar surface area (TPSA) is 90.3 Å². The first-order valence-electron chi connectivity index (χ1n) is 9.74. The Morgan fingerprint density at radius 1 is 1.21 bits per heavy atom. The number of hydrogen-bond acceptors (Lipinski definition) is 4. The van der Waals surface area contributed by atoms with E-state index < -0.39 is 5.91 Å². The number of fused-ring (bicyclic) bond motifs is 1. The molecule has 6 heteroatoms. The van der Waals surface area contributed by atoms with Gasteiger partial charge < -0.3 is 19.8 Å². The second-order valence-electron chi connectivity index (χ2n) is 7.25. The summed E-state index contributed by atoms with van der Waals surface area (Å²) in [5.74, 6) is 0.294. The van der Waals surface area contributed by atoms with Crippen molar-refractivity contribution in [2.24, 2.45) is 5.73 Å². The average molecular weight is 389 g/mol. The third-order valence-electron chi connectivity index (χ3n) is 5.53. The predicted octanol–water partition coefficient (Wildman–Crippen LogP) is 4.03. The number of carbonyl (C=O) groups excluding carboxylic acids is 1. The Bertz CT molecular complexity index is 1090. The molecular weight excluding hydrogens is 366 g/mol. The zero-order valence-electron chi connectivity index (χ0n) is 16.4. The number of amides is 1. The number of primary amides is 1. The van der Waals surface area contributed by atoms with E-state index >= 15 is 0 Å². The highest BCUT2D eigenvalue weighted by molar-refractivity contribution is 5.97. The first kappa shape index (κ1) is 19.0. The molecule has 0 saturated heterocycles. The molecule has 1 aromatic heterocycles. The molecule has 6 nitrogen and oxygen atoms in total.